The van der Waals surface area contributed by atoms with Gasteiger partial charge in [-0.05, 0) is 24.0 Å². The monoisotopic (exact) mass is 336 g/mol. The summed E-state index contributed by atoms with van der Waals surface area (Å²) in [7, 11) is 0. The van der Waals surface area contributed by atoms with Crippen molar-refractivity contribution in [3.8, 4) is 5.75 Å². The molecule has 7 nitrogen and oxygen atoms in total. The summed E-state index contributed by atoms with van der Waals surface area (Å²) < 4.78 is 10.2. The predicted octanol–water partition coefficient (Wildman–Crippen LogP) is 1.97. The van der Waals surface area contributed by atoms with E-state index in [-0.39, 0.29) is 12.5 Å². The summed E-state index contributed by atoms with van der Waals surface area (Å²) in [6, 6.07) is 6.80. The summed E-state index contributed by atoms with van der Waals surface area (Å²) >= 11 is 0. The van der Waals surface area contributed by atoms with Gasteiger partial charge in [-0.3, -0.25) is 10.1 Å². The van der Waals surface area contributed by atoms with E-state index in [9.17, 15) is 14.4 Å². The van der Waals surface area contributed by atoms with Crippen LogP contribution < -0.4 is 15.4 Å². The number of amides is 3. The number of ether oxygens (including phenoxy) is 2. The summed E-state index contributed by atoms with van der Waals surface area (Å²) in [5.74, 6) is -0.519. The van der Waals surface area contributed by atoms with E-state index < -0.39 is 24.5 Å². The smallest absolute Gasteiger partial charge is 0.344 e. The maximum absolute atomic E-state index is 11.6. The van der Waals surface area contributed by atoms with Gasteiger partial charge in [0.1, 0.15) is 5.75 Å². The lowest BCUT2D eigenvalue weighted by atomic mass is 10.0. The van der Waals surface area contributed by atoms with Gasteiger partial charge in [0.25, 0.3) is 5.91 Å². The maximum atomic E-state index is 11.6. The Bertz CT molecular complexity index is 572. The molecule has 0 aliphatic rings. The first-order valence-corrected chi connectivity index (χ1v) is 7.89. The molecule has 0 fully saturated rings. The van der Waals surface area contributed by atoms with Crippen molar-refractivity contribution >= 4 is 17.9 Å². The number of imide groups is 1. The number of esters is 1. The Morgan fingerprint density at radius 1 is 1.12 bits per heavy atom. The fourth-order valence-corrected chi connectivity index (χ4v) is 1.86. The highest BCUT2D eigenvalue weighted by atomic mass is 16.6. The Balaban J connectivity index is 2.34. The van der Waals surface area contributed by atoms with E-state index in [1.807, 2.05) is 39.0 Å². The van der Waals surface area contributed by atoms with Crippen LogP contribution in [0.25, 0.3) is 0 Å². The maximum Gasteiger partial charge on any atom is 0.344 e. The first-order valence-electron chi connectivity index (χ1n) is 7.89. The lowest BCUT2D eigenvalue weighted by molar-refractivity contribution is -0.150. The number of carbonyl (C=O) groups excluding carboxylic acids is 3. The molecule has 0 aliphatic carbocycles. The Morgan fingerprint density at radius 2 is 1.83 bits per heavy atom. The number of urea groups is 1. The standard InChI is InChI=1S/C17H24N2O5/c1-4-9-18-17(22)19-15(20)10-24-16(21)11-23-14-8-6-5-7-13(14)12(2)3/h5-8,12H,4,9-11H2,1-3H3,(H2,18,19,20,22). The molecule has 0 radical (unpaired) electrons. The Kier molecular flexibility index (Phi) is 8.32. The number of hydrogen-bond acceptors (Lipinski definition) is 5. The average Bonchev–Trinajstić information content (AvgIpc) is 2.56. The van der Waals surface area contributed by atoms with Gasteiger partial charge in [0.2, 0.25) is 0 Å². The topological polar surface area (TPSA) is 93.7 Å². The van der Waals surface area contributed by atoms with Crippen molar-refractivity contribution in [1.82, 2.24) is 10.6 Å². The third-order valence-corrected chi connectivity index (χ3v) is 3.04. The molecule has 0 aliphatic heterocycles. The van der Waals surface area contributed by atoms with Crippen LogP contribution in [-0.4, -0.2) is 37.7 Å². The molecule has 3 amide bonds. The molecule has 1 rings (SSSR count). The lowest BCUT2D eigenvalue weighted by Gasteiger charge is -2.13. The van der Waals surface area contributed by atoms with Crippen LogP contribution >= 0.6 is 0 Å². The zero-order valence-electron chi connectivity index (χ0n) is 14.3. The van der Waals surface area contributed by atoms with E-state index in [2.05, 4.69) is 10.6 Å². The molecule has 0 saturated heterocycles. The number of benzene rings is 1. The molecular weight excluding hydrogens is 312 g/mol. The summed E-state index contributed by atoms with van der Waals surface area (Å²) in [5, 5.41) is 4.54. The Hall–Kier alpha value is -2.57. The zero-order valence-corrected chi connectivity index (χ0v) is 14.3. The van der Waals surface area contributed by atoms with E-state index in [0.717, 1.165) is 12.0 Å². The minimum absolute atomic E-state index is 0.254. The molecular formula is C17H24N2O5. The molecule has 1 aromatic rings. The van der Waals surface area contributed by atoms with Crippen LogP contribution in [0.5, 0.6) is 5.75 Å². The van der Waals surface area contributed by atoms with Crippen LogP contribution in [0, 0.1) is 0 Å². The summed E-state index contributed by atoms with van der Waals surface area (Å²) in [6.07, 6.45) is 0.756. The highest BCUT2D eigenvalue weighted by Gasteiger charge is 2.12. The second-order valence-corrected chi connectivity index (χ2v) is 5.45. The molecule has 0 spiro atoms. The molecule has 7 heteroatoms. The highest BCUT2D eigenvalue weighted by Crippen LogP contribution is 2.25. The van der Waals surface area contributed by atoms with E-state index in [1.165, 1.54) is 0 Å². The summed E-state index contributed by atoms with van der Waals surface area (Å²) in [6.45, 7) is 5.55. The fraction of sp³-hybridized carbons (Fsp3) is 0.471. The van der Waals surface area contributed by atoms with Crippen molar-refractivity contribution in [2.45, 2.75) is 33.1 Å². The third-order valence-electron chi connectivity index (χ3n) is 3.04. The molecule has 0 aromatic heterocycles. The van der Waals surface area contributed by atoms with Crippen molar-refractivity contribution in [1.29, 1.82) is 0 Å². The van der Waals surface area contributed by atoms with Gasteiger partial charge in [0.05, 0.1) is 0 Å². The van der Waals surface area contributed by atoms with Gasteiger partial charge in [0.15, 0.2) is 13.2 Å². The molecule has 132 valence electrons. The van der Waals surface area contributed by atoms with Gasteiger partial charge in [-0.2, -0.15) is 0 Å². The van der Waals surface area contributed by atoms with Gasteiger partial charge >= 0.3 is 12.0 Å². The second kappa shape index (κ2) is 10.3. The number of para-hydroxylation sites is 1. The van der Waals surface area contributed by atoms with E-state index in [4.69, 9.17) is 9.47 Å². The minimum Gasteiger partial charge on any atom is -0.482 e. The molecule has 0 unspecified atom stereocenters. The second-order valence-electron chi connectivity index (χ2n) is 5.45. The first kappa shape index (κ1) is 19.5. The van der Waals surface area contributed by atoms with Crippen LogP contribution in [0.4, 0.5) is 4.79 Å². The Morgan fingerprint density at radius 3 is 2.50 bits per heavy atom. The summed E-state index contributed by atoms with van der Waals surface area (Å²) in [4.78, 5) is 34.3. The Labute approximate surface area is 141 Å². The fourth-order valence-electron chi connectivity index (χ4n) is 1.86. The van der Waals surface area contributed by atoms with Gasteiger partial charge in [-0.1, -0.05) is 39.0 Å². The summed E-state index contributed by atoms with van der Waals surface area (Å²) in [5.41, 5.74) is 0.982. The van der Waals surface area contributed by atoms with Gasteiger partial charge in [-0.25, -0.2) is 9.59 Å². The number of carbonyl (C=O) groups is 3. The minimum atomic E-state index is -0.695. The number of hydrogen-bond donors (Lipinski definition) is 2. The number of rotatable bonds is 8. The average molecular weight is 336 g/mol. The van der Waals surface area contributed by atoms with Crippen LogP contribution in [0.15, 0.2) is 24.3 Å². The zero-order chi connectivity index (χ0) is 17.9. The van der Waals surface area contributed by atoms with Crippen LogP contribution in [0.2, 0.25) is 0 Å². The van der Waals surface area contributed by atoms with E-state index in [0.29, 0.717) is 12.3 Å². The normalized spacial score (nSPS) is 10.2. The molecule has 2 N–H and O–H groups in total. The number of nitrogens with one attached hydrogen (secondary N) is 2. The molecule has 1 aromatic carbocycles. The van der Waals surface area contributed by atoms with Crippen molar-refractivity contribution in [2.75, 3.05) is 19.8 Å². The highest BCUT2D eigenvalue weighted by molar-refractivity contribution is 5.95. The van der Waals surface area contributed by atoms with E-state index in [1.54, 1.807) is 6.07 Å². The molecule has 24 heavy (non-hydrogen) atoms. The SMILES string of the molecule is CCCNC(=O)NC(=O)COC(=O)COc1ccccc1C(C)C. The van der Waals surface area contributed by atoms with Crippen molar-refractivity contribution in [3.63, 3.8) is 0 Å². The molecule has 0 saturated carbocycles. The third kappa shape index (κ3) is 7.13. The molecule has 0 heterocycles. The largest absolute Gasteiger partial charge is 0.482 e. The quantitative estimate of drug-likeness (QED) is 0.708. The van der Waals surface area contributed by atoms with Crippen molar-refractivity contribution < 1.29 is 23.9 Å². The molecule has 0 atom stereocenters. The van der Waals surface area contributed by atoms with E-state index >= 15 is 0 Å². The van der Waals surface area contributed by atoms with Gasteiger partial charge in [-0.15, -0.1) is 0 Å². The van der Waals surface area contributed by atoms with Crippen molar-refractivity contribution in [2.24, 2.45) is 0 Å². The van der Waals surface area contributed by atoms with Gasteiger partial charge in [0, 0.05) is 6.54 Å². The van der Waals surface area contributed by atoms with Crippen molar-refractivity contribution in [3.05, 3.63) is 29.8 Å². The lowest BCUT2D eigenvalue weighted by Crippen LogP contribution is -2.41. The molecule has 0 bridgehead atoms. The van der Waals surface area contributed by atoms with Gasteiger partial charge < -0.3 is 14.8 Å². The predicted molar refractivity (Wildman–Crippen MR) is 88.8 cm³/mol. The van der Waals surface area contributed by atoms with Crippen LogP contribution in [0.3, 0.4) is 0 Å². The van der Waals surface area contributed by atoms with Crippen LogP contribution in [-0.2, 0) is 14.3 Å². The first-order chi connectivity index (χ1) is 11.4. The van der Waals surface area contributed by atoms with Crippen LogP contribution in [0.1, 0.15) is 38.7 Å².